The zero-order valence-electron chi connectivity index (χ0n) is 7.20. The van der Waals surface area contributed by atoms with Gasteiger partial charge in [-0.05, 0) is 34.7 Å². The SMILES string of the molecule is O=Cc1cn[nH]c1-c1cccc(I)c1. The molecule has 0 saturated heterocycles. The number of nitrogens with one attached hydrogen (secondary N) is 1. The van der Waals surface area contributed by atoms with Gasteiger partial charge in [0, 0.05) is 9.13 Å². The summed E-state index contributed by atoms with van der Waals surface area (Å²) in [5, 5.41) is 6.66. The Labute approximate surface area is 94.7 Å². The number of hydrogen-bond acceptors (Lipinski definition) is 2. The molecule has 4 heteroatoms. The standard InChI is InChI=1S/C10H7IN2O/c11-9-3-1-2-7(4-9)10-8(6-14)5-12-13-10/h1-6H,(H,12,13). The van der Waals surface area contributed by atoms with Gasteiger partial charge in [-0.2, -0.15) is 5.10 Å². The average molecular weight is 298 g/mol. The van der Waals surface area contributed by atoms with Gasteiger partial charge in [0.05, 0.1) is 17.5 Å². The summed E-state index contributed by atoms with van der Waals surface area (Å²) in [6.45, 7) is 0. The van der Waals surface area contributed by atoms with Crippen molar-refractivity contribution >= 4 is 28.9 Å². The van der Waals surface area contributed by atoms with Crippen LogP contribution in [0.3, 0.4) is 0 Å². The summed E-state index contributed by atoms with van der Waals surface area (Å²) in [5.41, 5.74) is 2.35. The first-order valence-corrected chi connectivity index (χ1v) is 5.13. The van der Waals surface area contributed by atoms with Gasteiger partial charge in [-0.15, -0.1) is 0 Å². The molecule has 1 N–H and O–H groups in total. The number of hydrogen-bond donors (Lipinski definition) is 1. The zero-order chi connectivity index (χ0) is 9.97. The van der Waals surface area contributed by atoms with E-state index >= 15 is 0 Å². The van der Waals surface area contributed by atoms with Crippen LogP contribution in [-0.2, 0) is 0 Å². The Kier molecular flexibility index (Phi) is 2.62. The molecule has 0 fully saturated rings. The summed E-state index contributed by atoms with van der Waals surface area (Å²) < 4.78 is 1.13. The van der Waals surface area contributed by atoms with E-state index in [0.717, 1.165) is 21.1 Å². The fraction of sp³-hybridized carbons (Fsp3) is 0. The van der Waals surface area contributed by atoms with Crippen LogP contribution in [0.15, 0.2) is 30.5 Å². The topological polar surface area (TPSA) is 45.8 Å². The Hall–Kier alpha value is -1.17. The Balaban J connectivity index is 2.54. The third-order valence-corrected chi connectivity index (χ3v) is 2.58. The van der Waals surface area contributed by atoms with E-state index in [9.17, 15) is 4.79 Å². The first-order chi connectivity index (χ1) is 6.81. The normalized spacial score (nSPS) is 10.1. The number of nitrogens with zero attached hydrogens (tertiary/aromatic N) is 1. The fourth-order valence-electron chi connectivity index (χ4n) is 1.26. The number of aromatic nitrogens is 2. The summed E-state index contributed by atoms with van der Waals surface area (Å²) >= 11 is 2.23. The van der Waals surface area contributed by atoms with E-state index in [1.165, 1.54) is 6.20 Å². The van der Waals surface area contributed by atoms with Gasteiger partial charge in [-0.25, -0.2) is 0 Å². The van der Waals surface area contributed by atoms with Gasteiger partial charge in [-0.3, -0.25) is 9.89 Å². The lowest BCUT2D eigenvalue weighted by atomic mass is 10.1. The van der Waals surface area contributed by atoms with Crippen LogP contribution >= 0.6 is 22.6 Å². The van der Waals surface area contributed by atoms with Gasteiger partial charge in [-0.1, -0.05) is 12.1 Å². The Morgan fingerprint density at radius 2 is 2.29 bits per heavy atom. The maximum Gasteiger partial charge on any atom is 0.153 e. The van der Waals surface area contributed by atoms with E-state index in [1.807, 2.05) is 24.3 Å². The lowest BCUT2D eigenvalue weighted by molar-refractivity contribution is 0.112. The molecule has 0 aliphatic carbocycles. The minimum Gasteiger partial charge on any atom is -0.298 e. The summed E-state index contributed by atoms with van der Waals surface area (Å²) in [4.78, 5) is 10.7. The summed E-state index contributed by atoms with van der Waals surface area (Å²) in [6.07, 6.45) is 2.33. The van der Waals surface area contributed by atoms with E-state index in [4.69, 9.17) is 0 Å². The van der Waals surface area contributed by atoms with Crippen LogP contribution in [0.1, 0.15) is 10.4 Å². The first-order valence-electron chi connectivity index (χ1n) is 4.06. The summed E-state index contributed by atoms with van der Waals surface area (Å²) in [6, 6.07) is 7.90. The van der Waals surface area contributed by atoms with Gasteiger partial charge in [0.1, 0.15) is 0 Å². The lowest BCUT2D eigenvalue weighted by Gasteiger charge is -1.98. The molecule has 2 rings (SSSR count). The third-order valence-electron chi connectivity index (χ3n) is 1.91. The number of carbonyl (C=O) groups is 1. The highest BCUT2D eigenvalue weighted by Crippen LogP contribution is 2.21. The predicted molar refractivity (Wildman–Crippen MR) is 62.1 cm³/mol. The van der Waals surface area contributed by atoms with Gasteiger partial charge in [0.15, 0.2) is 6.29 Å². The van der Waals surface area contributed by atoms with Crippen molar-refractivity contribution in [1.82, 2.24) is 10.2 Å². The van der Waals surface area contributed by atoms with Crippen molar-refractivity contribution in [3.63, 3.8) is 0 Å². The molecule has 0 atom stereocenters. The van der Waals surface area contributed by atoms with Crippen molar-refractivity contribution in [2.24, 2.45) is 0 Å². The van der Waals surface area contributed by atoms with Crippen LogP contribution in [0.4, 0.5) is 0 Å². The molecule has 0 spiro atoms. The summed E-state index contributed by atoms with van der Waals surface area (Å²) in [7, 11) is 0. The van der Waals surface area contributed by atoms with Crippen molar-refractivity contribution < 1.29 is 4.79 Å². The molecule has 0 amide bonds. The highest BCUT2D eigenvalue weighted by atomic mass is 127. The maximum atomic E-state index is 10.7. The van der Waals surface area contributed by atoms with Gasteiger partial charge < -0.3 is 0 Å². The second-order valence-electron chi connectivity index (χ2n) is 2.83. The second kappa shape index (κ2) is 3.91. The molecule has 0 unspecified atom stereocenters. The van der Waals surface area contributed by atoms with Gasteiger partial charge >= 0.3 is 0 Å². The molecule has 0 bridgehead atoms. The van der Waals surface area contributed by atoms with E-state index in [0.29, 0.717) is 5.56 Å². The monoisotopic (exact) mass is 298 g/mol. The smallest absolute Gasteiger partial charge is 0.153 e. The van der Waals surface area contributed by atoms with Gasteiger partial charge in [0.25, 0.3) is 0 Å². The van der Waals surface area contributed by atoms with Crippen molar-refractivity contribution in [3.05, 3.63) is 39.6 Å². The molecule has 0 aliphatic rings. The molecule has 1 aromatic carbocycles. The van der Waals surface area contributed by atoms with E-state index in [2.05, 4.69) is 32.8 Å². The third kappa shape index (κ3) is 1.70. The summed E-state index contributed by atoms with van der Waals surface area (Å²) in [5.74, 6) is 0. The van der Waals surface area contributed by atoms with Gasteiger partial charge in [0.2, 0.25) is 0 Å². The Morgan fingerprint density at radius 1 is 1.43 bits per heavy atom. The second-order valence-corrected chi connectivity index (χ2v) is 4.07. The molecule has 2 aromatic rings. The van der Waals surface area contributed by atoms with E-state index in [1.54, 1.807) is 0 Å². The molecule has 0 radical (unpaired) electrons. The molecule has 1 aromatic heterocycles. The van der Waals surface area contributed by atoms with Crippen molar-refractivity contribution in [3.8, 4) is 11.3 Å². The van der Waals surface area contributed by atoms with Crippen LogP contribution in [0, 0.1) is 3.57 Å². The molecular weight excluding hydrogens is 291 g/mol. The number of rotatable bonds is 2. The number of halogens is 1. The van der Waals surface area contributed by atoms with Crippen LogP contribution in [0.2, 0.25) is 0 Å². The average Bonchev–Trinajstić information content (AvgIpc) is 2.65. The molecular formula is C10H7IN2O. The fourth-order valence-corrected chi connectivity index (χ4v) is 1.80. The lowest BCUT2D eigenvalue weighted by Crippen LogP contribution is -1.84. The van der Waals surface area contributed by atoms with Crippen molar-refractivity contribution in [1.29, 1.82) is 0 Å². The van der Waals surface area contributed by atoms with E-state index < -0.39 is 0 Å². The Bertz CT molecular complexity index is 465. The highest BCUT2D eigenvalue weighted by molar-refractivity contribution is 14.1. The van der Waals surface area contributed by atoms with Crippen molar-refractivity contribution in [2.45, 2.75) is 0 Å². The molecule has 70 valence electrons. The first kappa shape index (κ1) is 9.39. The Morgan fingerprint density at radius 3 is 3.00 bits per heavy atom. The van der Waals surface area contributed by atoms with Crippen LogP contribution in [0.25, 0.3) is 11.3 Å². The maximum absolute atomic E-state index is 10.7. The van der Waals surface area contributed by atoms with Crippen LogP contribution in [-0.4, -0.2) is 16.5 Å². The largest absolute Gasteiger partial charge is 0.298 e. The molecule has 0 aliphatic heterocycles. The van der Waals surface area contributed by atoms with Crippen LogP contribution in [0.5, 0.6) is 0 Å². The number of carbonyl (C=O) groups excluding carboxylic acids is 1. The minimum atomic E-state index is 0.590. The minimum absolute atomic E-state index is 0.590. The predicted octanol–water partition coefficient (Wildman–Crippen LogP) is 2.49. The van der Waals surface area contributed by atoms with Crippen LogP contribution < -0.4 is 0 Å². The number of H-pyrrole nitrogens is 1. The number of benzene rings is 1. The highest BCUT2D eigenvalue weighted by Gasteiger charge is 2.06. The zero-order valence-corrected chi connectivity index (χ0v) is 9.36. The number of aromatic amines is 1. The quantitative estimate of drug-likeness (QED) is 0.684. The van der Waals surface area contributed by atoms with E-state index in [-0.39, 0.29) is 0 Å². The molecule has 1 heterocycles. The van der Waals surface area contributed by atoms with Crippen molar-refractivity contribution in [2.75, 3.05) is 0 Å². The number of aldehydes is 1. The molecule has 3 nitrogen and oxygen atoms in total. The molecule has 0 saturated carbocycles. The molecule has 14 heavy (non-hydrogen) atoms.